The second kappa shape index (κ2) is 4.80. The quantitative estimate of drug-likeness (QED) is 0.832. The minimum Gasteiger partial charge on any atom is -0.370 e. The molecule has 0 fully saturated rings. The van der Waals surface area contributed by atoms with Crippen LogP contribution in [-0.4, -0.2) is 24.1 Å². The zero-order valence-corrected chi connectivity index (χ0v) is 9.94. The molecular formula is C12H19N3O. The van der Waals surface area contributed by atoms with Crippen LogP contribution in [0.4, 0.5) is 5.82 Å². The van der Waals surface area contributed by atoms with E-state index in [1.54, 1.807) is 0 Å². The van der Waals surface area contributed by atoms with E-state index in [2.05, 4.69) is 35.9 Å². The summed E-state index contributed by atoms with van der Waals surface area (Å²) in [6.45, 7) is 7.12. The van der Waals surface area contributed by atoms with Gasteiger partial charge in [-0.2, -0.15) is 0 Å². The Kier molecular flexibility index (Phi) is 3.41. The third-order valence-corrected chi connectivity index (χ3v) is 2.84. The summed E-state index contributed by atoms with van der Waals surface area (Å²) >= 11 is 0. The summed E-state index contributed by atoms with van der Waals surface area (Å²) in [6.07, 6.45) is 0. The fourth-order valence-corrected chi connectivity index (χ4v) is 1.97. The van der Waals surface area contributed by atoms with Crippen molar-refractivity contribution >= 4 is 5.82 Å². The smallest absolute Gasteiger partial charge is 0.129 e. The van der Waals surface area contributed by atoms with Crippen LogP contribution >= 0.6 is 0 Å². The van der Waals surface area contributed by atoms with Crippen LogP contribution in [0.5, 0.6) is 0 Å². The number of ether oxygens (including phenoxy) is 1. The van der Waals surface area contributed by atoms with Crippen LogP contribution in [0.3, 0.4) is 0 Å². The van der Waals surface area contributed by atoms with Gasteiger partial charge in [-0.15, -0.1) is 0 Å². The Morgan fingerprint density at radius 1 is 1.44 bits per heavy atom. The van der Waals surface area contributed by atoms with Crippen molar-refractivity contribution in [3.8, 4) is 0 Å². The van der Waals surface area contributed by atoms with Gasteiger partial charge in [0.15, 0.2) is 0 Å². The molecule has 16 heavy (non-hydrogen) atoms. The summed E-state index contributed by atoms with van der Waals surface area (Å²) in [5, 5.41) is 0. The minimum absolute atomic E-state index is 0.413. The lowest BCUT2D eigenvalue weighted by molar-refractivity contribution is 0.133. The van der Waals surface area contributed by atoms with E-state index in [1.807, 2.05) is 0 Å². The predicted octanol–water partition coefficient (Wildman–Crippen LogP) is 1.29. The summed E-state index contributed by atoms with van der Waals surface area (Å²) in [5.41, 5.74) is 7.90. The number of nitrogens with zero attached hydrogens (tertiary/aromatic N) is 2. The van der Waals surface area contributed by atoms with Crippen molar-refractivity contribution in [2.45, 2.75) is 33.1 Å². The topological polar surface area (TPSA) is 51.4 Å². The average molecular weight is 221 g/mol. The Balaban J connectivity index is 2.24. The highest BCUT2D eigenvalue weighted by molar-refractivity contribution is 5.43. The van der Waals surface area contributed by atoms with Crippen LogP contribution in [0, 0.1) is 0 Å². The molecule has 1 aliphatic heterocycles. The van der Waals surface area contributed by atoms with E-state index in [-0.39, 0.29) is 0 Å². The molecule has 2 rings (SSSR count). The number of aromatic nitrogens is 1. The summed E-state index contributed by atoms with van der Waals surface area (Å²) in [4.78, 5) is 6.86. The number of nitrogens with two attached hydrogens (primary N) is 1. The fraction of sp³-hybridized carbons (Fsp3) is 0.583. The zero-order chi connectivity index (χ0) is 11.5. The lowest BCUT2D eigenvalue weighted by Crippen LogP contribution is -2.36. The molecule has 0 bridgehead atoms. The van der Waals surface area contributed by atoms with E-state index >= 15 is 0 Å². The van der Waals surface area contributed by atoms with Gasteiger partial charge in [-0.25, -0.2) is 4.98 Å². The van der Waals surface area contributed by atoms with Gasteiger partial charge >= 0.3 is 0 Å². The van der Waals surface area contributed by atoms with Gasteiger partial charge in [0.1, 0.15) is 5.82 Å². The first-order valence-corrected chi connectivity index (χ1v) is 5.75. The summed E-state index contributed by atoms with van der Waals surface area (Å²) in [7, 11) is 0. The lowest BCUT2D eigenvalue weighted by atomic mass is 10.2. The highest BCUT2D eigenvalue weighted by Gasteiger charge is 2.16. The molecule has 88 valence electrons. The van der Waals surface area contributed by atoms with E-state index < -0.39 is 0 Å². The molecule has 4 nitrogen and oxygen atoms in total. The molecule has 0 spiro atoms. The van der Waals surface area contributed by atoms with Crippen LogP contribution in [0.1, 0.15) is 25.1 Å². The zero-order valence-electron chi connectivity index (χ0n) is 9.94. The molecule has 2 N–H and O–H groups in total. The van der Waals surface area contributed by atoms with E-state index in [1.165, 1.54) is 5.56 Å². The molecule has 0 aromatic carbocycles. The summed E-state index contributed by atoms with van der Waals surface area (Å²) in [6, 6.07) is 4.58. The monoisotopic (exact) mass is 221 g/mol. The molecular weight excluding hydrogens is 202 g/mol. The molecule has 0 aliphatic carbocycles. The number of hydrogen-bond donors (Lipinski definition) is 1. The molecule has 0 amide bonds. The molecule has 1 aromatic rings. The Bertz CT molecular complexity index is 365. The van der Waals surface area contributed by atoms with Crippen molar-refractivity contribution in [3.05, 3.63) is 23.4 Å². The number of pyridine rings is 1. The van der Waals surface area contributed by atoms with Gasteiger partial charge < -0.3 is 15.4 Å². The third kappa shape index (κ3) is 2.18. The molecule has 1 aromatic heterocycles. The highest BCUT2D eigenvalue weighted by atomic mass is 16.5. The first kappa shape index (κ1) is 11.4. The van der Waals surface area contributed by atoms with Crippen molar-refractivity contribution in [2.24, 2.45) is 5.73 Å². The van der Waals surface area contributed by atoms with E-state index in [0.717, 1.165) is 18.1 Å². The molecule has 0 atom stereocenters. The van der Waals surface area contributed by atoms with Crippen LogP contribution in [0.15, 0.2) is 12.1 Å². The number of hydrogen-bond acceptors (Lipinski definition) is 4. The molecule has 0 radical (unpaired) electrons. The molecule has 4 heteroatoms. The second-order valence-electron chi connectivity index (χ2n) is 4.34. The van der Waals surface area contributed by atoms with E-state index in [0.29, 0.717) is 25.8 Å². The van der Waals surface area contributed by atoms with Crippen LogP contribution < -0.4 is 10.6 Å². The number of rotatable bonds is 4. The Morgan fingerprint density at radius 2 is 2.25 bits per heavy atom. The van der Waals surface area contributed by atoms with Crippen molar-refractivity contribution in [2.75, 3.05) is 18.0 Å². The third-order valence-electron chi connectivity index (χ3n) is 2.84. The summed E-state index contributed by atoms with van der Waals surface area (Å²) in [5.74, 6) is 1.00. The normalized spacial score (nSPS) is 14.2. The van der Waals surface area contributed by atoms with Gasteiger partial charge in [0.05, 0.1) is 18.9 Å². The van der Waals surface area contributed by atoms with Gasteiger partial charge in [-0.05, 0) is 19.9 Å². The van der Waals surface area contributed by atoms with Crippen molar-refractivity contribution in [1.82, 2.24) is 4.98 Å². The minimum atomic E-state index is 0.413. The maximum absolute atomic E-state index is 5.62. The number of fused-ring (bicyclic) bond motifs is 1. The van der Waals surface area contributed by atoms with Gasteiger partial charge in [-0.1, -0.05) is 6.07 Å². The van der Waals surface area contributed by atoms with Crippen molar-refractivity contribution in [1.29, 1.82) is 0 Å². The molecule has 1 aliphatic rings. The first-order valence-electron chi connectivity index (χ1n) is 5.75. The lowest BCUT2D eigenvalue weighted by Gasteiger charge is -2.27. The maximum Gasteiger partial charge on any atom is 0.129 e. The van der Waals surface area contributed by atoms with Crippen molar-refractivity contribution in [3.63, 3.8) is 0 Å². The van der Waals surface area contributed by atoms with Gasteiger partial charge in [0, 0.05) is 24.7 Å². The SMILES string of the molecule is CC(C)N(CCN)c1ccc2c(n1)COC2. The summed E-state index contributed by atoms with van der Waals surface area (Å²) < 4.78 is 5.36. The van der Waals surface area contributed by atoms with E-state index in [4.69, 9.17) is 10.5 Å². The van der Waals surface area contributed by atoms with Crippen molar-refractivity contribution < 1.29 is 4.74 Å². The van der Waals surface area contributed by atoms with Gasteiger partial charge in [-0.3, -0.25) is 0 Å². The number of anilines is 1. The maximum atomic E-state index is 5.62. The van der Waals surface area contributed by atoms with Crippen LogP contribution in [-0.2, 0) is 18.0 Å². The van der Waals surface area contributed by atoms with E-state index in [9.17, 15) is 0 Å². The largest absolute Gasteiger partial charge is 0.370 e. The Hall–Kier alpha value is -1.13. The van der Waals surface area contributed by atoms with Gasteiger partial charge in [0.25, 0.3) is 0 Å². The first-order chi connectivity index (χ1) is 7.72. The molecule has 0 saturated heterocycles. The second-order valence-corrected chi connectivity index (χ2v) is 4.34. The molecule has 0 unspecified atom stereocenters. The molecule has 2 heterocycles. The average Bonchev–Trinajstić information content (AvgIpc) is 2.72. The Morgan fingerprint density at radius 3 is 2.94 bits per heavy atom. The van der Waals surface area contributed by atoms with Crippen LogP contribution in [0.25, 0.3) is 0 Å². The standard InChI is InChI=1S/C12H19N3O/c1-9(2)15(6-5-13)12-4-3-10-7-16-8-11(10)14-12/h3-4,9H,5-8,13H2,1-2H3. The van der Waals surface area contributed by atoms with Crippen LogP contribution in [0.2, 0.25) is 0 Å². The highest BCUT2D eigenvalue weighted by Crippen LogP contribution is 2.22. The Labute approximate surface area is 96.4 Å². The molecule has 0 saturated carbocycles. The fourth-order valence-electron chi connectivity index (χ4n) is 1.97. The predicted molar refractivity (Wildman–Crippen MR) is 64.3 cm³/mol. The van der Waals surface area contributed by atoms with Gasteiger partial charge in [0.2, 0.25) is 0 Å².